The average molecular weight is 370 g/mol. The highest BCUT2D eigenvalue weighted by Crippen LogP contribution is 2.23. The van der Waals surface area contributed by atoms with Crippen LogP contribution in [0.3, 0.4) is 0 Å². The number of nitrogens with zero attached hydrogens (tertiary/aromatic N) is 2. The van der Waals surface area contributed by atoms with Crippen LogP contribution in [0.1, 0.15) is 22.8 Å². The lowest BCUT2D eigenvalue weighted by molar-refractivity contribution is -0.137. The van der Waals surface area contributed by atoms with Crippen molar-refractivity contribution in [2.24, 2.45) is 4.99 Å². The maximum Gasteiger partial charge on any atom is 0.323 e. The van der Waals surface area contributed by atoms with E-state index in [9.17, 15) is 14.7 Å². The first-order valence-corrected chi connectivity index (χ1v) is 8.93. The Balaban J connectivity index is 2.11. The molecule has 0 fully saturated rings. The van der Waals surface area contributed by atoms with Gasteiger partial charge in [-0.25, -0.2) is 0 Å². The van der Waals surface area contributed by atoms with Crippen LogP contribution in [-0.2, 0) is 11.3 Å². The van der Waals surface area contributed by atoms with Crippen molar-refractivity contribution in [3.8, 4) is 5.75 Å². The number of aryl methyl sites for hydroxylation is 1. The van der Waals surface area contributed by atoms with Crippen LogP contribution in [0, 0.1) is 6.92 Å². The first-order chi connectivity index (χ1) is 12.5. The predicted octanol–water partition coefficient (Wildman–Crippen LogP) is 3.24. The molecule has 3 aromatic rings. The Hall–Kier alpha value is -2.93. The molecule has 7 heteroatoms. The van der Waals surface area contributed by atoms with E-state index in [-0.39, 0.29) is 6.54 Å². The fraction of sp³-hybridized carbons (Fsp3) is 0.211. The van der Waals surface area contributed by atoms with Gasteiger partial charge in [-0.15, -0.1) is 0 Å². The van der Waals surface area contributed by atoms with Crippen molar-refractivity contribution in [3.05, 3.63) is 58.4 Å². The standard InChI is InChI=1S/C19H18N2O4S/c1-3-25-14-8-9-15-16(10-14)26-19(21(15)11-17(22)23)20-18(24)13-6-4-12(2)5-7-13/h4-10H,3,11H2,1-2H3,(H,22,23)/b20-19-. The third-order valence-corrected chi connectivity index (χ3v) is 4.80. The zero-order valence-electron chi connectivity index (χ0n) is 14.4. The van der Waals surface area contributed by atoms with Crippen molar-refractivity contribution in [3.63, 3.8) is 0 Å². The lowest BCUT2D eigenvalue weighted by Gasteiger charge is -2.04. The number of aliphatic carboxylic acids is 1. The molecule has 26 heavy (non-hydrogen) atoms. The van der Waals surface area contributed by atoms with Gasteiger partial charge in [0.1, 0.15) is 12.3 Å². The van der Waals surface area contributed by atoms with Gasteiger partial charge >= 0.3 is 5.97 Å². The van der Waals surface area contributed by atoms with Gasteiger partial charge in [-0.2, -0.15) is 4.99 Å². The van der Waals surface area contributed by atoms with Crippen LogP contribution in [0.25, 0.3) is 10.2 Å². The lowest BCUT2D eigenvalue weighted by atomic mass is 10.1. The Bertz CT molecular complexity index is 1030. The first kappa shape index (κ1) is 17.9. The van der Waals surface area contributed by atoms with Crippen LogP contribution in [0.2, 0.25) is 0 Å². The van der Waals surface area contributed by atoms with Crippen LogP contribution in [-0.4, -0.2) is 28.2 Å². The summed E-state index contributed by atoms with van der Waals surface area (Å²) < 4.78 is 7.83. The Kier molecular flexibility index (Phi) is 5.18. The van der Waals surface area contributed by atoms with Gasteiger partial charge in [0.25, 0.3) is 5.91 Å². The minimum atomic E-state index is -0.997. The van der Waals surface area contributed by atoms with Crippen LogP contribution in [0.5, 0.6) is 5.75 Å². The largest absolute Gasteiger partial charge is 0.494 e. The minimum absolute atomic E-state index is 0.270. The molecule has 1 amide bonds. The number of hydrogen-bond acceptors (Lipinski definition) is 4. The van der Waals surface area contributed by atoms with E-state index in [1.165, 1.54) is 15.9 Å². The molecule has 0 bridgehead atoms. The second-order valence-corrected chi connectivity index (χ2v) is 6.72. The lowest BCUT2D eigenvalue weighted by Crippen LogP contribution is -2.21. The van der Waals surface area contributed by atoms with E-state index in [1.807, 2.05) is 32.0 Å². The second kappa shape index (κ2) is 7.53. The normalized spacial score (nSPS) is 11.7. The zero-order valence-corrected chi connectivity index (χ0v) is 15.2. The number of ether oxygens (including phenoxy) is 1. The second-order valence-electron chi connectivity index (χ2n) is 5.71. The number of amides is 1. The molecule has 134 valence electrons. The fourth-order valence-corrected chi connectivity index (χ4v) is 3.59. The summed E-state index contributed by atoms with van der Waals surface area (Å²) in [6.45, 7) is 4.10. The molecule has 0 radical (unpaired) electrons. The molecular weight excluding hydrogens is 352 g/mol. The smallest absolute Gasteiger partial charge is 0.323 e. The van der Waals surface area contributed by atoms with Gasteiger partial charge in [0, 0.05) is 5.56 Å². The fourth-order valence-electron chi connectivity index (χ4n) is 2.53. The summed E-state index contributed by atoms with van der Waals surface area (Å²) in [5, 5.41) is 9.22. The first-order valence-electron chi connectivity index (χ1n) is 8.11. The number of carbonyl (C=O) groups is 2. The van der Waals surface area contributed by atoms with Crippen LogP contribution >= 0.6 is 11.3 Å². The molecule has 0 saturated heterocycles. The molecule has 2 aromatic carbocycles. The molecule has 1 aromatic heterocycles. The van der Waals surface area contributed by atoms with Gasteiger partial charge < -0.3 is 14.4 Å². The molecule has 1 heterocycles. The van der Waals surface area contributed by atoms with E-state index in [2.05, 4.69) is 4.99 Å². The van der Waals surface area contributed by atoms with E-state index in [4.69, 9.17) is 4.74 Å². The van der Waals surface area contributed by atoms with Gasteiger partial charge in [-0.3, -0.25) is 9.59 Å². The average Bonchev–Trinajstić information content (AvgIpc) is 2.92. The molecule has 6 nitrogen and oxygen atoms in total. The summed E-state index contributed by atoms with van der Waals surface area (Å²) in [6.07, 6.45) is 0. The Labute approximate surface area is 154 Å². The highest BCUT2D eigenvalue weighted by Gasteiger charge is 2.12. The van der Waals surface area contributed by atoms with Crippen LogP contribution in [0.4, 0.5) is 0 Å². The Morgan fingerprint density at radius 1 is 1.19 bits per heavy atom. The summed E-state index contributed by atoms with van der Waals surface area (Å²) in [6, 6.07) is 12.5. The maximum absolute atomic E-state index is 12.5. The molecule has 0 aliphatic heterocycles. The van der Waals surface area contributed by atoms with Crippen molar-refractivity contribution in [1.82, 2.24) is 4.57 Å². The van der Waals surface area contributed by atoms with E-state index < -0.39 is 11.9 Å². The summed E-state index contributed by atoms with van der Waals surface area (Å²) in [5.74, 6) is -0.705. The number of carboxylic acids is 1. The molecule has 0 atom stereocenters. The Morgan fingerprint density at radius 3 is 2.58 bits per heavy atom. The third kappa shape index (κ3) is 3.83. The summed E-state index contributed by atoms with van der Waals surface area (Å²) in [4.78, 5) is 28.2. The van der Waals surface area contributed by atoms with Gasteiger partial charge in [0.15, 0.2) is 4.80 Å². The molecular formula is C19H18N2O4S. The van der Waals surface area contributed by atoms with Crippen LogP contribution in [0.15, 0.2) is 47.5 Å². The summed E-state index contributed by atoms with van der Waals surface area (Å²) >= 11 is 1.26. The van der Waals surface area contributed by atoms with Gasteiger partial charge in [-0.1, -0.05) is 29.0 Å². The number of benzene rings is 2. The van der Waals surface area contributed by atoms with Crippen molar-refractivity contribution in [2.75, 3.05) is 6.61 Å². The summed E-state index contributed by atoms with van der Waals surface area (Å²) in [7, 11) is 0. The van der Waals surface area contributed by atoms with Crippen molar-refractivity contribution in [1.29, 1.82) is 0 Å². The van der Waals surface area contributed by atoms with Gasteiger partial charge in [-0.05, 0) is 44.2 Å². The van der Waals surface area contributed by atoms with Crippen molar-refractivity contribution >= 4 is 33.4 Å². The van der Waals surface area contributed by atoms with E-state index >= 15 is 0 Å². The number of fused-ring (bicyclic) bond motifs is 1. The topological polar surface area (TPSA) is 80.9 Å². The number of hydrogen-bond donors (Lipinski definition) is 1. The number of thiazole rings is 1. The summed E-state index contributed by atoms with van der Waals surface area (Å²) in [5.41, 5.74) is 2.22. The van der Waals surface area contributed by atoms with Crippen LogP contribution < -0.4 is 9.54 Å². The van der Waals surface area contributed by atoms with Crippen molar-refractivity contribution in [2.45, 2.75) is 20.4 Å². The minimum Gasteiger partial charge on any atom is -0.494 e. The van der Waals surface area contributed by atoms with E-state index in [0.29, 0.717) is 28.2 Å². The molecule has 0 aliphatic rings. The monoisotopic (exact) mass is 370 g/mol. The highest BCUT2D eigenvalue weighted by molar-refractivity contribution is 7.16. The quantitative estimate of drug-likeness (QED) is 0.748. The van der Waals surface area contributed by atoms with Gasteiger partial charge in [0.2, 0.25) is 0 Å². The molecule has 0 aliphatic carbocycles. The van der Waals surface area contributed by atoms with Gasteiger partial charge in [0.05, 0.1) is 16.8 Å². The zero-order chi connectivity index (χ0) is 18.7. The Morgan fingerprint density at radius 2 is 1.92 bits per heavy atom. The molecule has 0 unspecified atom stereocenters. The number of carboxylic acid groups (broad SMARTS) is 1. The number of aromatic nitrogens is 1. The molecule has 0 spiro atoms. The number of carbonyl (C=O) groups excluding carboxylic acids is 1. The van der Waals surface area contributed by atoms with E-state index in [1.54, 1.807) is 24.3 Å². The maximum atomic E-state index is 12.5. The molecule has 0 saturated carbocycles. The predicted molar refractivity (Wildman–Crippen MR) is 99.7 cm³/mol. The van der Waals surface area contributed by atoms with E-state index in [0.717, 1.165) is 10.3 Å². The molecule has 1 N–H and O–H groups in total. The SMILES string of the molecule is CCOc1ccc2c(c1)s/c(=N\C(=O)c1ccc(C)cc1)n2CC(=O)O. The highest BCUT2D eigenvalue weighted by atomic mass is 32.1. The number of rotatable bonds is 5. The third-order valence-electron chi connectivity index (χ3n) is 3.75. The van der Waals surface area contributed by atoms with Crippen molar-refractivity contribution < 1.29 is 19.4 Å². The molecule has 3 rings (SSSR count).